The van der Waals surface area contributed by atoms with Crippen LogP contribution in [0.3, 0.4) is 0 Å². The quantitative estimate of drug-likeness (QED) is 0.589. The zero-order valence-corrected chi connectivity index (χ0v) is 18.8. The fourth-order valence-electron chi connectivity index (χ4n) is 4.02. The van der Waals surface area contributed by atoms with Gasteiger partial charge in [-0.05, 0) is 42.5 Å². The maximum Gasteiger partial charge on any atom is 0.243 e. The standard InChI is InChI=1S/C24H28Cl2N2O2/c1-2-22(24(30)27-18-11-6-7-12-18)28(16-17-9-4-3-5-10-17)23(29)15-19-20(25)13-8-14-21(19)26/h3-5,8-10,13-14,18,22H,2,6-7,11-12,15-16H2,1H3,(H,27,30). The van der Waals surface area contributed by atoms with Crippen LogP contribution >= 0.6 is 23.2 Å². The number of benzene rings is 2. The minimum atomic E-state index is -0.542. The van der Waals surface area contributed by atoms with E-state index in [-0.39, 0.29) is 24.3 Å². The van der Waals surface area contributed by atoms with E-state index in [1.165, 1.54) is 0 Å². The van der Waals surface area contributed by atoms with E-state index in [0.717, 1.165) is 31.2 Å². The summed E-state index contributed by atoms with van der Waals surface area (Å²) in [5.74, 6) is -0.249. The van der Waals surface area contributed by atoms with Crippen LogP contribution in [0, 0.1) is 0 Å². The molecule has 4 nitrogen and oxygen atoms in total. The molecule has 30 heavy (non-hydrogen) atoms. The van der Waals surface area contributed by atoms with Crippen LogP contribution in [0.2, 0.25) is 10.0 Å². The van der Waals surface area contributed by atoms with Gasteiger partial charge in [-0.1, -0.05) is 79.4 Å². The Labute approximate surface area is 188 Å². The van der Waals surface area contributed by atoms with Crippen molar-refractivity contribution >= 4 is 35.0 Å². The lowest BCUT2D eigenvalue weighted by Crippen LogP contribution is -2.51. The lowest BCUT2D eigenvalue weighted by molar-refractivity contribution is -0.141. The normalized spacial score (nSPS) is 15.0. The second-order valence-electron chi connectivity index (χ2n) is 7.80. The second-order valence-corrected chi connectivity index (χ2v) is 8.61. The lowest BCUT2D eigenvalue weighted by Gasteiger charge is -2.31. The van der Waals surface area contributed by atoms with Crippen molar-refractivity contribution in [1.82, 2.24) is 10.2 Å². The van der Waals surface area contributed by atoms with Crippen LogP contribution in [0.25, 0.3) is 0 Å². The molecule has 0 radical (unpaired) electrons. The maximum absolute atomic E-state index is 13.4. The van der Waals surface area contributed by atoms with E-state index in [4.69, 9.17) is 23.2 Å². The number of nitrogens with one attached hydrogen (secondary N) is 1. The average molecular weight is 447 g/mol. The lowest BCUT2D eigenvalue weighted by atomic mass is 10.1. The molecule has 1 unspecified atom stereocenters. The van der Waals surface area contributed by atoms with Crippen LogP contribution < -0.4 is 5.32 Å². The third kappa shape index (κ3) is 5.77. The number of amides is 2. The minimum absolute atomic E-state index is 0.0541. The van der Waals surface area contributed by atoms with Gasteiger partial charge in [0.15, 0.2) is 0 Å². The van der Waals surface area contributed by atoms with Crippen LogP contribution in [0.5, 0.6) is 0 Å². The molecular formula is C24H28Cl2N2O2. The molecule has 1 fully saturated rings. The summed E-state index contributed by atoms with van der Waals surface area (Å²) in [6, 6.07) is 14.6. The topological polar surface area (TPSA) is 49.4 Å². The number of hydrogen-bond donors (Lipinski definition) is 1. The minimum Gasteiger partial charge on any atom is -0.352 e. The average Bonchev–Trinajstić information content (AvgIpc) is 3.24. The molecular weight excluding hydrogens is 419 g/mol. The van der Waals surface area contributed by atoms with E-state index in [1.54, 1.807) is 23.1 Å². The van der Waals surface area contributed by atoms with Crippen LogP contribution in [0.4, 0.5) is 0 Å². The molecule has 0 aromatic heterocycles. The van der Waals surface area contributed by atoms with E-state index in [2.05, 4.69) is 5.32 Å². The van der Waals surface area contributed by atoms with Gasteiger partial charge in [-0.15, -0.1) is 0 Å². The molecule has 1 N–H and O–H groups in total. The van der Waals surface area contributed by atoms with E-state index in [0.29, 0.717) is 28.6 Å². The molecule has 2 aromatic rings. The molecule has 0 heterocycles. The summed E-state index contributed by atoms with van der Waals surface area (Å²) in [6.45, 7) is 2.30. The van der Waals surface area contributed by atoms with Gasteiger partial charge in [0.1, 0.15) is 6.04 Å². The summed E-state index contributed by atoms with van der Waals surface area (Å²) in [4.78, 5) is 28.2. The number of carbonyl (C=O) groups is 2. The molecule has 3 rings (SSSR count). The zero-order chi connectivity index (χ0) is 21.5. The fourth-order valence-corrected chi connectivity index (χ4v) is 4.55. The van der Waals surface area contributed by atoms with Gasteiger partial charge in [-0.25, -0.2) is 0 Å². The Morgan fingerprint density at radius 3 is 2.27 bits per heavy atom. The van der Waals surface area contributed by atoms with Gasteiger partial charge >= 0.3 is 0 Å². The molecule has 1 saturated carbocycles. The highest BCUT2D eigenvalue weighted by Gasteiger charge is 2.31. The molecule has 0 aliphatic heterocycles. The van der Waals surface area contributed by atoms with E-state index < -0.39 is 6.04 Å². The Morgan fingerprint density at radius 2 is 1.67 bits per heavy atom. The summed E-state index contributed by atoms with van der Waals surface area (Å²) in [6.07, 6.45) is 4.87. The van der Waals surface area contributed by atoms with Gasteiger partial charge < -0.3 is 10.2 Å². The molecule has 0 spiro atoms. The smallest absolute Gasteiger partial charge is 0.243 e. The van der Waals surface area contributed by atoms with Gasteiger partial charge in [-0.2, -0.15) is 0 Å². The fraction of sp³-hybridized carbons (Fsp3) is 0.417. The highest BCUT2D eigenvalue weighted by atomic mass is 35.5. The Kier molecular flexibility index (Phi) is 8.17. The van der Waals surface area contributed by atoms with E-state index in [1.807, 2.05) is 37.3 Å². The number of carbonyl (C=O) groups excluding carboxylic acids is 2. The Morgan fingerprint density at radius 1 is 1.03 bits per heavy atom. The Balaban J connectivity index is 1.84. The van der Waals surface area contributed by atoms with Gasteiger partial charge in [0.25, 0.3) is 0 Å². The van der Waals surface area contributed by atoms with Gasteiger partial charge in [0, 0.05) is 22.6 Å². The van der Waals surface area contributed by atoms with Crippen molar-refractivity contribution in [2.24, 2.45) is 0 Å². The summed E-state index contributed by atoms with van der Waals surface area (Å²) in [5, 5.41) is 4.07. The largest absolute Gasteiger partial charge is 0.352 e. The number of hydrogen-bond acceptors (Lipinski definition) is 2. The first-order valence-corrected chi connectivity index (χ1v) is 11.3. The molecule has 160 valence electrons. The van der Waals surface area contributed by atoms with Crippen LogP contribution in [0.15, 0.2) is 48.5 Å². The maximum atomic E-state index is 13.4. The highest BCUT2D eigenvalue weighted by Crippen LogP contribution is 2.26. The van der Waals surface area contributed by atoms with Gasteiger partial charge in [0.2, 0.25) is 11.8 Å². The van der Waals surface area contributed by atoms with Crippen molar-refractivity contribution in [2.75, 3.05) is 0 Å². The number of halogens is 2. The third-order valence-electron chi connectivity index (χ3n) is 5.67. The van der Waals surface area contributed by atoms with Gasteiger partial charge in [-0.3, -0.25) is 9.59 Å². The molecule has 1 aliphatic carbocycles. The Hall–Kier alpha value is -2.04. The van der Waals surface area contributed by atoms with Crippen molar-refractivity contribution in [1.29, 1.82) is 0 Å². The molecule has 6 heteroatoms. The third-order valence-corrected chi connectivity index (χ3v) is 6.38. The van der Waals surface area contributed by atoms with Crippen molar-refractivity contribution < 1.29 is 9.59 Å². The summed E-state index contributed by atoms with van der Waals surface area (Å²) in [7, 11) is 0. The molecule has 0 saturated heterocycles. The van der Waals surface area contributed by atoms with Crippen LogP contribution in [-0.2, 0) is 22.6 Å². The van der Waals surface area contributed by atoms with Crippen LogP contribution in [0.1, 0.15) is 50.2 Å². The summed E-state index contributed by atoms with van der Waals surface area (Å²) in [5.41, 5.74) is 1.57. The first-order chi connectivity index (χ1) is 14.5. The van der Waals surface area contributed by atoms with Crippen molar-refractivity contribution in [3.63, 3.8) is 0 Å². The van der Waals surface area contributed by atoms with Crippen molar-refractivity contribution in [3.05, 3.63) is 69.7 Å². The predicted octanol–water partition coefficient (Wildman–Crippen LogP) is 5.40. The zero-order valence-electron chi connectivity index (χ0n) is 17.2. The first-order valence-electron chi connectivity index (χ1n) is 10.6. The van der Waals surface area contributed by atoms with Crippen LogP contribution in [-0.4, -0.2) is 28.8 Å². The molecule has 0 bridgehead atoms. The van der Waals surface area contributed by atoms with E-state index >= 15 is 0 Å². The van der Waals surface area contributed by atoms with Crippen molar-refractivity contribution in [3.8, 4) is 0 Å². The highest BCUT2D eigenvalue weighted by molar-refractivity contribution is 6.36. The molecule has 2 amide bonds. The second kappa shape index (κ2) is 10.8. The van der Waals surface area contributed by atoms with Gasteiger partial charge in [0.05, 0.1) is 6.42 Å². The molecule has 2 aromatic carbocycles. The molecule has 1 aliphatic rings. The number of nitrogens with zero attached hydrogens (tertiary/aromatic N) is 1. The number of rotatable bonds is 8. The van der Waals surface area contributed by atoms with E-state index in [9.17, 15) is 9.59 Å². The monoisotopic (exact) mass is 446 g/mol. The summed E-state index contributed by atoms with van der Waals surface area (Å²) < 4.78 is 0. The van der Waals surface area contributed by atoms with Crippen molar-refractivity contribution in [2.45, 2.75) is 64.1 Å². The predicted molar refractivity (Wildman–Crippen MR) is 122 cm³/mol. The summed E-state index contributed by atoms with van der Waals surface area (Å²) >= 11 is 12.6. The Bertz CT molecular complexity index is 847. The SMILES string of the molecule is CCC(C(=O)NC1CCCC1)N(Cc1ccccc1)C(=O)Cc1c(Cl)cccc1Cl. The first kappa shape index (κ1) is 22.6. The molecule has 1 atom stereocenters.